The maximum Gasteiger partial charge on any atom is 0.250 e. The first-order valence-electron chi connectivity index (χ1n) is 10.5. The lowest BCUT2D eigenvalue weighted by Crippen LogP contribution is -2.54. The summed E-state index contributed by atoms with van der Waals surface area (Å²) in [6.07, 6.45) is 9.77. The van der Waals surface area contributed by atoms with Gasteiger partial charge in [0.1, 0.15) is 12.5 Å². The molecular weight excluding hydrogens is 336 g/mol. The first-order chi connectivity index (χ1) is 13.0. The van der Waals surface area contributed by atoms with Crippen LogP contribution in [0.3, 0.4) is 0 Å². The van der Waals surface area contributed by atoms with E-state index in [1.807, 2.05) is 12.1 Å². The molecule has 0 radical (unpaired) electrons. The van der Waals surface area contributed by atoms with Crippen molar-refractivity contribution in [2.45, 2.75) is 64.0 Å². The van der Waals surface area contributed by atoms with Crippen LogP contribution in [0.25, 0.3) is 0 Å². The van der Waals surface area contributed by atoms with E-state index in [-0.39, 0.29) is 5.91 Å². The van der Waals surface area contributed by atoms with Crippen molar-refractivity contribution in [3.63, 3.8) is 0 Å². The van der Waals surface area contributed by atoms with E-state index < -0.39 is 0 Å². The molecule has 1 amide bonds. The first-order valence-corrected chi connectivity index (χ1v) is 10.5. The van der Waals surface area contributed by atoms with Gasteiger partial charge in [0.25, 0.3) is 5.91 Å². The Balaban J connectivity index is 1.39. The smallest absolute Gasteiger partial charge is 0.250 e. The van der Waals surface area contributed by atoms with Crippen molar-refractivity contribution >= 4 is 11.6 Å². The van der Waals surface area contributed by atoms with E-state index in [2.05, 4.69) is 22.9 Å². The maximum atomic E-state index is 12.0. The van der Waals surface area contributed by atoms with E-state index in [1.165, 1.54) is 50.5 Å². The lowest BCUT2D eigenvalue weighted by atomic mass is 9.72. The number of hydrogen-bond donors (Lipinski definition) is 1. The second-order valence-corrected chi connectivity index (χ2v) is 9.41. The second kappa shape index (κ2) is 6.37. The minimum atomic E-state index is -0.124. The molecule has 4 aliphatic rings. The maximum absolute atomic E-state index is 12.0. The molecule has 3 aliphatic carbocycles. The van der Waals surface area contributed by atoms with Gasteiger partial charge < -0.3 is 10.1 Å². The topological polar surface area (TPSA) is 41.6 Å². The minimum absolute atomic E-state index is 0.124. The highest BCUT2D eigenvalue weighted by Gasteiger charge is 2.52. The van der Waals surface area contributed by atoms with Crippen molar-refractivity contribution in [1.82, 2.24) is 4.90 Å². The van der Waals surface area contributed by atoms with Crippen LogP contribution in [0, 0.1) is 17.8 Å². The summed E-state index contributed by atoms with van der Waals surface area (Å²) in [6.45, 7) is 7.08. The molecule has 4 nitrogen and oxygen atoms in total. The van der Waals surface area contributed by atoms with Gasteiger partial charge >= 0.3 is 0 Å². The number of carbonyl (C=O) groups is 1. The summed E-state index contributed by atoms with van der Waals surface area (Å²) in [5.74, 6) is 3.69. The van der Waals surface area contributed by atoms with Gasteiger partial charge in [0.05, 0.1) is 0 Å². The number of ether oxygens (including phenoxy) is 1. The fraction of sp³-hybridized carbons (Fsp3) is 0.609. The molecule has 1 aromatic rings. The summed E-state index contributed by atoms with van der Waals surface area (Å²) in [4.78, 5) is 14.6. The number of amides is 1. The molecule has 1 heterocycles. The Labute approximate surface area is 162 Å². The van der Waals surface area contributed by atoms with E-state index in [4.69, 9.17) is 4.74 Å². The lowest BCUT2D eigenvalue weighted by molar-refractivity contribution is -0.112. The van der Waals surface area contributed by atoms with Gasteiger partial charge in [0.15, 0.2) is 0 Å². The lowest BCUT2D eigenvalue weighted by Gasteiger charge is -2.49. The van der Waals surface area contributed by atoms with Crippen LogP contribution in [-0.4, -0.2) is 23.1 Å². The van der Waals surface area contributed by atoms with Gasteiger partial charge in [0.2, 0.25) is 0 Å². The summed E-state index contributed by atoms with van der Waals surface area (Å²) in [7, 11) is 0. The Kier molecular flexibility index (Phi) is 4.08. The number of nitrogens with zero attached hydrogens (tertiary/aromatic N) is 1. The van der Waals surface area contributed by atoms with Gasteiger partial charge in [-0.25, -0.2) is 0 Å². The van der Waals surface area contributed by atoms with Crippen molar-refractivity contribution in [3.05, 3.63) is 35.9 Å². The average Bonchev–Trinajstić information content (AvgIpc) is 2.86. The van der Waals surface area contributed by atoms with E-state index in [1.54, 1.807) is 6.92 Å². The quantitative estimate of drug-likeness (QED) is 0.788. The van der Waals surface area contributed by atoms with Crippen molar-refractivity contribution in [3.8, 4) is 5.75 Å². The Morgan fingerprint density at radius 1 is 1.30 bits per heavy atom. The Morgan fingerprint density at radius 3 is 3.00 bits per heavy atom. The molecule has 3 saturated carbocycles. The van der Waals surface area contributed by atoms with Crippen LogP contribution in [0.15, 0.2) is 30.4 Å². The standard InChI is InChI=1S/C23H30N2O2/c1-15(2)22(26)24-20-5-6-21-19(10-20)13-25(14-27-21)23-7-3-4-17-8-16(11-23)9-18(17)12-23/h5-6,10,16-18H,1,3-4,7-9,11-14H2,2H3,(H,24,26)/t16-,17-,18?,23?/m0/s1. The Bertz CT molecular complexity index is 789. The van der Waals surface area contributed by atoms with Crippen molar-refractivity contribution in [2.75, 3.05) is 12.0 Å². The van der Waals surface area contributed by atoms with Crippen molar-refractivity contribution in [1.29, 1.82) is 0 Å². The van der Waals surface area contributed by atoms with Gasteiger partial charge in [-0.3, -0.25) is 9.69 Å². The minimum Gasteiger partial charge on any atom is -0.478 e. The molecule has 5 rings (SSSR count). The van der Waals surface area contributed by atoms with Crippen molar-refractivity contribution in [2.24, 2.45) is 17.8 Å². The second-order valence-electron chi connectivity index (χ2n) is 9.41. The molecule has 2 unspecified atom stereocenters. The van der Waals surface area contributed by atoms with Gasteiger partial charge in [-0.2, -0.15) is 0 Å². The van der Waals surface area contributed by atoms with Crippen LogP contribution in [0.2, 0.25) is 0 Å². The van der Waals surface area contributed by atoms with Gasteiger partial charge in [-0.05, 0) is 75.0 Å². The van der Waals surface area contributed by atoms with Crippen LogP contribution >= 0.6 is 0 Å². The van der Waals surface area contributed by atoms with E-state index >= 15 is 0 Å². The zero-order chi connectivity index (χ0) is 18.6. The summed E-state index contributed by atoms with van der Waals surface area (Å²) in [5.41, 5.74) is 2.87. The molecule has 144 valence electrons. The predicted molar refractivity (Wildman–Crippen MR) is 106 cm³/mol. The van der Waals surface area contributed by atoms with Crippen LogP contribution in [-0.2, 0) is 11.3 Å². The predicted octanol–water partition coefficient (Wildman–Crippen LogP) is 4.71. The molecule has 27 heavy (non-hydrogen) atoms. The molecule has 0 aromatic heterocycles. The molecule has 4 heteroatoms. The largest absolute Gasteiger partial charge is 0.478 e. The van der Waals surface area contributed by atoms with Gasteiger partial charge in [-0.15, -0.1) is 0 Å². The SMILES string of the molecule is C=C(C)C(=O)Nc1ccc2c(c1)CN(C13CCC[C@H]4C[C@@H](CC4C1)C3)CO2. The molecular formula is C23H30N2O2. The number of anilines is 1. The summed E-state index contributed by atoms with van der Waals surface area (Å²) in [5, 5.41) is 2.94. The fourth-order valence-electron chi connectivity index (χ4n) is 6.39. The Morgan fingerprint density at radius 2 is 2.15 bits per heavy atom. The highest BCUT2D eigenvalue weighted by molar-refractivity contribution is 6.02. The van der Waals surface area contributed by atoms with Gasteiger partial charge in [0, 0.05) is 28.9 Å². The third-order valence-corrected chi connectivity index (χ3v) is 7.58. The third-order valence-electron chi connectivity index (χ3n) is 7.58. The average molecular weight is 367 g/mol. The first kappa shape index (κ1) is 17.3. The Hall–Kier alpha value is -1.81. The molecule has 0 saturated heterocycles. The van der Waals surface area contributed by atoms with Crippen LogP contribution < -0.4 is 10.1 Å². The number of nitrogens with one attached hydrogen (secondary N) is 1. The zero-order valence-electron chi connectivity index (χ0n) is 16.3. The molecule has 3 fully saturated rings. The van der Waals surface area contributed by atoms with E-state index in [0.29, 0.717) is 17.8 Å². The monoisotopic (exact) mass is 366 g/mol. The molecule has 1 N–H and O–H groups in total. The molecule has 0 spiro atoms. The number of hydrogen-bond acceptors (Lipinski definition) is 3. The zero-order valence-corrected chi connectivity index (χ0v) is 16.3. The molecule has 1 aliphatic heterocycles. The number of fused-ring (bicyclic) bond motifs is 3. The third kappa shape index (κ3) is 2.98. The summed E-state index contributed by atoms with van der Waals surface area (Å²) < 4.78 is 6.17. The highest BCUT2D eigenvalue weighted by Crippen LogP contribution is 2.57. The van der Waals surface area contributed by atoms with Crippen LogP contribution in [0.4, 0.5) is 5.69 Å². The van der Waals surface area contributed by atoms with E-state index in [9.17, 15) is 4.79 Å². The number of carbonyl (C=O) groups excluding carboxylic acids is 1. The normalized spacial score (nSPS) is 34.5. The van der Waals surface area contributed by atoms with E-state index in [0.717, 1.165) is 35.7 Å². The fourth-order valence-corrected chi connectivity index (χ4v) is 6.39. The molecule has 1 aromatic carbocycles. The molecule has 3 bridgehead atoms. The summed E-state index contributed by atoms with van der Waals surface area (Å²) >= 11 is 0. The van der Waals surface area contributed by atoms with Gasteiger partial charge in [-0.1, -0.05) is 19.4 Å². The highest BCUT2D eigenvalue weighted by atomic mass is 16.5. The number of rotatable bonds is 3. The number of benzene rings is 1. The summed E-state index contributed by atoms with van der Waals surface area (Å²) in [6, 6.07) is 5.99. The van der Waals surface area contributed by atoms with Crippen LogP contribution in [0.1, 0.15) is 57.4 Å². The molecule has 4 atom stereocenters. The van der Waals surface area contributed by atoms with Crippen LogP contribution in [0.5, 0.6) is 5.75 Å². The van der Waals surface area contributed by atoms with Crippen molar-refractivity contribution < 1.29 is 9.53 Å².